The number of aromatic nitrogens is 2. The summed E-state index contributed by atoms with van der Waals surface area (Å²) in [5.74, 6) is -0.983. The van der Waals surface area contributed by atoms with E-state index in [9.17, 15) is 18.0 Å². The summed E-state index contributed by atoms with van der Waals surface area (Å²) in [6.07, 6.45) is 0. The van der Waals surface area contributed by atoms with E-state index in [1.54, 1.807) is 24.3 Å². The molecule has 7 heteroatoms. The second-order valence-electron chi connectivity index (χ2n) is 4.45. The molecule has 1 aromatic heterocycles. The highest BCUT2D eigenvalue weighted by Gasteiger charge is 2.13. The Hall–Kier alpha value is -2.83. The molecular weight excluding hydrogens is 297 g/mol. The molecule has 0 unspecified atom stereocenters. The van der Waals surface area contributed by atoms with Crippen molar-refractivity contribution in [1.29, 1.82) is 0 Å². The lowest BCUT2D eigenvalue weighted by molar-refractivity contribution is -0.0498. The molecule has 1 N–H and O–H groups in total. The number of hydrogen-bond donors (Lipinski definition) is 1. The van der Waals surface area contributed by atoms with Gasteiger partial charge in [-0.15, -0.1) is 0 Å². The van der Waals surface area contributed by atoms with Crippen molar-refractivity contribution in [1.82, 2.24) is 9.97 Å². The summed E-state index contributed by atoms with van der Waals surface area (Å²) in [5.41, 5.74) is -0.193. The first kappa shape index (κ1) is 14.1. The smallest absolute Gasteiger partial charge is 0.387 e. The van der Waals surface area contributed by atoms with Gasteiger partial charge < -0.3 is 9.72 Å². The van der Waals surface area contributed by atoms with Crippen molar-refractivity contribution in [2.24, 2.45) is 0 Å². The highest BCUT2D eigenvalue weighted by molar-refractivity contribution is 5.79. The van der Waals surface area contributed by atoms with Gasteiger partial charge in [-0.2, -0.15) is 8.78 Å². The Bertz CT molecular complexity index is 893. The van der Waals surface area contributed by atoms with Gasteiger partial charge in [-0.3, -0.25) is 4.79 Å². The molecule has 112 valence electrons. The second kappa shape index (κ2) is 5.51. The molecular formula is C15H9F3N2O2. The molecule has 3 aromatic rings. The Morgan fingerprint density at radius 1 is 1.14 bits per heavy atom. The molecule has 0 bridgehead atoms. The van der Waals surface area contributed by atoms with E-state index in [0.29, 0.717) is 10.9 Å². The molecule has 0 radical (unpaired) electrons. The van der Waals surface area contributed by atoms with Gasteiger partial charge in [0.25, 0.3) is 5.56 Å². The van der Waals surface area contributed by atoms with E-state index in [2.05, 4.69) is 14.7 Å². The quantitative estimate of drug-likeness (QED) is 0.807. The number of para-hydroxylation sites is 1. The van der Waals surface area contributed by atoms with E-state index in [-0.39, 0.29) is 17.1 Å². The van der Waals surface area contributed by atoms with E-state index < -0.39 is 18.0 Å². The topological polar surface area (TPSA) is 55.0 Å². The number of hydrogen-bond acceptors (Lipinski definition) is 3. The van der Waals surface area contributed by atoms with Gasteiger partial charge in [0.2, 0.25) is 0 Å². The van der Waals surface area contributed by atoms with Gasteiger partial charge >= 0.3 is 6.61 Å². The van der Waals surface area contributed by atoms with Gasteiger partial charge in [0.05, 0.1) is 16.5 Å². The average Bonchev–Trinajstić information content (AvgIpc) is 2.49. The number of halogens is 3. The van der Waals surface area contributed by atoms with Crippen molar-refractivity contribution in [3.8, 4) is 17.1 Å². The fraction of sp³-hybridized carbons (Fsp3) is 0.0667. The number of rotatable bonds is 3. The highest BCUT2D eigenvalue weighted by atomic mass is 19.3. The molecule has 0 fully saturated rings. The van der Waals surface area contributed by atoms with Crippen molar-refractivity contribution < 1.29 is 17.9 Å². The first-order chi connectivity index (χ1) is 10.5. The number of fused-ring (bicyclic) bond motifs is 1. The number of nitrogens with zero attached hydrogens (tertiary/aromatic N) is 1. The van der Waals surface area contributed by atoms with Crippen LogP contribution in [0.5, 0.6) is 5.75 Å². The fourth-order valence-corrected chi connectivity index (χ4v) is 2.08. The van der Waals surface area contributed by atoms with E-state index in [0.717, 1.165) is 18.2 Å². The Balaban J connectivity index is 2.16. The summed E-state index contributed by atoms with van der Waals surface area (Å²) in [6.45, 7) is -3.03. The first-order valence-corrected chi connectivity index (χ1v) is 6.28. The Morgan fingerprint density at radius 3 is 2.68 bits per heavy atom. The zero-order valence-electron chi connectivity index (χ0n) is 11.0. The molecule has 0 amide bonds. The maximum atomic E-state index is 13.9. The van der Waals surface area contributed by atoms with Gasteiger partial charge in [0, 0.05) is 0 Å². The number of H-pyrrole nitrogens is 1. The minimum absolute atomic E-state index is 0.0547. The maximum absolute atomic E-state index is 13.9. The van der Waals surface area contributed by atoms with Crippen LogP contribution in [0.4, 0.5) is 13.2 Å². The summed E-state index contributed by atoms with van der Waals surface area (Å²) < 4.78 is 42.6. The van der Waals surface area contributed by atoms with Crippen LogP contribution < -0.4 is 10.3 Å². The Kier molecular flexibility index (Phi) is 3.54. The molecule has 3 rings (SSSR count). The maximum Gasteiger partial charge on any atom is 0.387 e. The van der Waals surface area contributed by atoms with Crippen LogP contribution in [0.3, 0.4) is 0 Å². The third-order valence-corrected chi connectivity index (χ3v) is 3.03. The molecule has 0 aliphatic rings. The Labute approximate surface area is 122 Å². The van der Waals surface area contributed by atoms with Crippen LogP contribution in [0.25, 0.3) is 22.3 Å². The van der Waals surface area contributed by atoms with Crippen molar-refractivity contribution in [3.63, 3.8) is 0 Å². The number of aromatic amines is 1. The zero-order valence-corrected chi connectivity index (χ0v) is 11.0. The first-order valence-electron chi connectivity index (χ1n) is 6.28. The predicted molar refractivity (Wildman–Crippen MR) is 74.4 cm³/mol. The van der Waals surface area contributed by atoms with Crippen molar-refractivity contribution in [2.45, 2.75) is 6.61 Å². The van der Waals surface area contributed by atoms with Crippen LogP contribution in [0.15, 0.2) is 47.3 Å². The lowest BCUT2D eigenvalue weighted by atomic mass is 10.1. The molecule has 0 aliphatic carbocycles. The van der Waals surface area contributed by atoms with E-state index in [4.69, 9.17) is 0 Å². The lowest BCUT2D eigenvalue weighted by Crippen LogP contribution is -2.10. The van der Waals surface area contributed by atoms with Crippen LogP contribution in [-0.4, -0.2) is 16.6 Å². The molecule has 1 heterocycles. The lowest BCUT2D eigenvalue weighted by Gasteiger charge is -2.08. The number of benzene rings is 2. The van der Waals surface area contributed by atoms with Crippen LogP contribution in [-0.2, 0) is 0 Å². The summed E-state index contributed by atoms with van der Waals surface area (Å²) in [6, 6.07) is 9.66. The summed E-state index contributed by atoms with van der Waals surface area (Å²) in [4.78, 5) is 18.6. The molecule has 0 saturated carbocycles. The molecule has 2 aromatic carbocycles. The third kappa shape index (κ3) is 2.65. The van der Waals surface area contributed by atoms with E-state index in [1.807, 2.05) is 0 Å². The predicted octanol–water partition coefficient (Wildman–Crippen LogP) is 3.33. The average molecular weight is 306 g/mol. The largest absolute Gasteiger partial charge is 0.435 e. The van der Waals surface area contributed by atoms with Crippen LogP contribution >= 0.6 is 0 Å². The number of ether oxygens (including phenoxy) is 1. The van der Waals surface area contributed by atoms with Crippen LogP contribution in [0.2, 0.25) is 0 Å². The second-order valence-corrected chi connectivity index (χ2v) is 4.45. The summed E-state index contributed by atoms with van der Waals surface area (Å²) in [7, 11) is 0. The monoisotopic (exact) mass is 306 g/mol. The van der Waals surface area contributed by atoms with Crippen LogP contribution in [0.1, 0.15) is 0 Å². The highest BCUT2D eigenvalue weighted by Crippen LogP contribution is 2.25. The molecule has 0 atom stereocenters. The Morgan fingerprint density at radius 2 is 1.91 bits per heavy atom. The molecule has 4 nitrogen and oxygen atoms in total. The third-order valence-electron chi connectivity index (χ3n) is 3.03. The van der Waals surface area contributed by atoms with Gasteiger partial charge in [-0.1, -0.05) is 12.1 Å². The normalized spacial score (nSPS) is 11.1. The van der Waals surface area contributed by atoms with E-state index >= 15 is 0 Å². The SMILES string of the molecule is O=c1[nH]c(-c2cc(OC(F)F)ccc2F)nc2ccccc12. The van der Waals surface area contributed by atoms with Crippen molar-refractivity contribution in [3.05, 3.63) is 58.6 Å². The fourth-order valence-electron chi connectivity index (χ4n) is 2.08. The standard InChI is InChI=1S/C15H9F3N2O2/c16-11-6-5-8(22-15(17)18)7-10(11)13-19-12-4-2-1-3-9(12)14(21)20-13/h1-7,15H,(H,19,20,21). The summed E-state index contributed by atoms with van der Waals surface area (Å²) in [5, 5.41) is 0.353. The van der Waals surface area contributed by atoms with Crippen LogP contribution in [0, 0.1) is 5.82 Å². The van der Waals surface area contributed by atoms with E-state index in [1.165, 1.54) is 0 Å². The molecule has 0 saturated heterocycles. The number of nitrogens with one attached hydrogen (secondary N) is 1. The van der Waals surface area contributed by atoms with Gasteiger partial charge in [-0.25, -0.2) is 9.37 Å². The molecule has 22 heavy (non-hydrogen) atoms. The zero-order chi connectivity index (χ0) is 15.7. The number of alkyl halides is 2. The minimum Gasteiger partial charge on any atom is -0.435 e. The minimum atomic E-state index is -3.03. The molecule has 0 aliphatic heterocycles. The van der Waals surface area contributed by atoms with Gasteiger partial charge in [0.15, 0.2) is 0 Å². The van der Waals surface area contributed by atoms with Gasteiger partial charge in [0.1, 0.15) is 17.4 Å². The van der Waals surface area contributed by atoms with Crippen molar-refractivity contribution in [2.75, 3.05) is 0 Å². The van der Waals surface area contributed by atoms with Crippen molar-refractivity contribution >= 4 is 10.9 Å². The molecule has 0 spiro atoms. The van der Waals surface area contributed by atoms with Gasteiger partial charge in [-0.05, 0) is 30.3 Å². The summed E-state index contributed by atoms with van der Waals surface area (Å²) >= 11 is 0.